The lowest BCUT2D eigenvalue weighted by atomic mass is 10.00. The van der Waals surface area contributed by atoms with E-state index in [4.69, 9.17) is 16.3 Å². The van der Waals surface area contributed by atoms with Crippen LogP contribution >= 0.6 is 11.6 Å². The average Bonchev–Trinajstić information content (AvgIpc) is 2.77. The molecule has 1 N–H and O–H groups in total. The fourth-order valence-electron chi connectivity index (χ4n) is 3.23. The minimum absolute atomic E-state index is 0.0168. The SMILES string of the molecule is CC(NC(=O)COC(=O)c1ccc(Cl)c(S(=O)(=O)N(C)C)c1)c1cccc2ccccc12. The number of nitrogens with zero attached hydrogens (tertiary/aromatic N) is 1. The molecule has 0 aromatic heterocycles. The molecule has 0 saturated carbocycles. The summed E-state index contributed by atoms with van der Waals surface area (Å²) in [7, 11) is -1.13. The molecule has 7 nitrogen and oxygen atoms in total. The lowest BCUT2D eigenvalue weighted by molar-refractivity contribution is -0.124. The van der Waals surface area contributed by atoms with Gasteiger partial charge >= 0.3 is 5.97 Å². The van der Waals surface area contributed by atoms with Gasteiger partial charge in [0.25, 0.3) is 5.91 Å². The molecule has 0 fully saturated rings. The van der Waals surface area contributed by atoms with Crippen LogP contribution < -0.4 is 5.32 Å². The van der Waals surface area contributed by atoms with Gasteiger partial charge < -0.3 is 10.1 Å². The maximum absolute atomic E-state index is 12.4. The van der Waals surface area contributed by atoms with Crippen molar-refractivity contribution in [1.29, 1.82) is 0 Å². The Labute approximate surface area is 192 Å². The van der Waals surface area contributed by atoms with Crippen molar-refractivity contribution in [1.82, 2.24) is 9.62 Å². The minimum Gasteiger partial charge on any atom is -0.452 e. The van der Waals surface area contributed by atoms with Crippen LogP contribution in [-0.4, -0.2) is 45.3 Å². The van der Waals surface area contributed by atoms with E-state index in [9.17, 15) is 18.0 Å². The number of ether oxygens (including phenoxy) is 1. The second-order valence-corrected chi connectivity index (χ2v) is 9.89. The summed E-state index contributed by atoms with van der Waals surface area (Å²) in [6, 6.07) is 17.2. The first-order valence-electron chi connectivity index (χ1n) is 9.77. The number of rotatable bonds is 7. The lowest BCUT2D eigenvalue weighted by Crippen LogP contribution is -2.31. The summed E-state index contributed by atoms with van der Waals surface area (Å²) >= 11 is 5.99. The molecular formula is C23H23ClN2O5S. The van der Waals surface area contributed by atoms with Gasteiger partial charge in [0, 0.05) is 14.1 Å². The van der Waals surface area contributed by atoms with Gasteiger partial charge in [-0.3, -0.25) is 4.79 Å². The molecule has 0 spiro atoms. The summed E-state index contributed by atoms with van der Waals surface area (Å²) in [5.41, 5.74) is 0.920. The van der Waals surface area contributed by atoms with E-state index >= 15 is 0 Å². The van der Waals surface area contributed by atoms with Crippen LogP contribution in [0.4, 0.5) is 0 Å². The summed E-state index contributed by atoms with van der Waals surface area (Å²) in [6.07, 6.45) is 0. The monoisotopic (exact) mass is 474 g/mol. The van der Waals surface area contributed by atoms with Crippen molar-refractivity contribution in [2.24, 2.45) is 0 Å². The average molecular weight is 475 g/mol. The Bertz CT molecular complexity index is 1270. The summed E-state index contributed by atoms with van der Waals surface area (Å²) in [5.74, 6) is -1.31. The zero-order valence-corrected chi connectivity index (χ0v) is 19.4. The van der Waals surface area contributed by atoms with Crippen molar-refractivity contribution < 1.29 is 22.7 Å². The molecule has 3 aromatic rings. The largest absolute Gasteiger partial charge is 0.452 e. The minimum atomic E-state index is -3.85. The number of carbonyl (C=O) groups is 2. The van der Waals surface area contributed by atoms with E-state index in [0.717, 1.165) is 26.7 Å². The third-order valence-corrected chi connectivity index (χ3v) is 7.22. The molecule has 168 valence electrons. The standard InChI is InChI=1S/C23H23ClN2O5S/c1-15(18-10-6-8-16-7-4-5-9-19(16)18)25-22(27)14-31-23(28)17-11-12-20(24)21(13-17)32(29,30)26(2)3/h4-13,15H,14H2,1-3H3,(H,25,27). The molecule has 0 aliphatic carbocycles. The Balaban J connectivity index is 1.67. The van der Waals surface area contributed by atoms with E-state index < -0.39 is 28.5 Å². The van der Waals surface area contributed by atoms with Gasteiger partial charge in [-0.15, -0.1) is 0 Å². The molecule has 0 aliphatic rings. The van der Waals surface area contributed by atoms with Gasteiger partial charge in [-0.2, -0.15) is 0 Å². The highest BCUT2D eigenvalue weighted by molar-refractivity contribution is 7.89. The van der Waals surface area contributed by atoms with E-state index in [1.165, 1.54) is 26.2 Å². The summed E-state index contributed by atoms with van der Waals surface area (Å²) in [6.45, 7) is 1.34. The number of amides is 1. The van der Waals surface area contributed by atoms with Crippen molar-refractivity contribution in [3.63, 3.8) is 0 Å². The molecule has 0 heterocycles. The number of halogens is 1. The molecule has 1 amide bonds. The number of benzene rings is 3. The molecule has 1 atom stereocenters. The number of nitrogens with one attached hydrogen (secondary N) is 1. The number of carbonyl (C=O) groups excluding carboxylic acids is 2. The summed E-state index contributed by atoms with van der Waals surface area (Å²) in [5, 5.41) is 4.88. The quantitative estimate of drug-likeness (QED) is 0.526. The molecule has 0 radical (unpaired) electrons. The van der Waals surface area contributed by atoms with E-state index in [2.05, 4.69) is 5.32 Å². The number of sulfonamides is 1. The van der Waals surface area contributed by atoms with Crippen molar-refractivity contribution in [3.05, 3.63) is 76.8 Å². The Morgan fingerprint density at radius 1 is 1.06 bits per heavy atom. The third kappa shape index (κ3) is 5.09. The smallest absolute Gasteiger partial charge is 0.338 e. The van der Waals surface area contributed by atoms with Crippen LogP contribution in [0.5, 0.6) is 0 Å². The second kappa shape index (κ2) is 9.68. The maximum Gasteiger partial charge on any atom is 0.338 e. The Morgan fingerprint density at radius 2 is 1.75 bits per heavy atom. The van der Waals surface area contributed by atoms with E-state index in [0.29, 0.717) is 0 Å². The van der Waals surface area contributed by atoms with E-state index in [1.54, 1.807) is 0 Å². The molecule has 0 aliphatic heterocycles. The number of hydrogen-bond donors (Lipinski definition) is 1. The Kier molecular flexibility index (Phi) is 7.18. The highest BCUT2D eigenvalue weighted by Gasteiger charge is 2.23. The first-order valence-corrected chi connectivity index (χ1v) is 11.6. The van der Waals surface area contributed by atoms with Crippen molar-refractivity contribution in [2.45, 2.75) is 17.9 Å². The third-order valence-electron chi connectivity index (χ3n) is 4.93. The van der Waals surface area contributed by atoms with Crippen LogP contribution in [0.2, 0.25) is 5.02 Å². The maximum atomic E-state index is 12.4. The van der Waals surface area contributed by atoms with Crippen molar-refractivity contribution in [3.8, 4) is 0 Å². The predicted molar refractivity (Wildman–Crippen MR) is 123 cm³/mol. The number of fused-ring (bicyclic) bond motifs is 1. The fraction of sp³-hybridized carbons (Fsp3) is 0.217. The van der Waals surface area contributed by atoms with Gasteiger partial charge in [0.05, 0.1) is 16.6 Å². The fourth-order valence-corrected chi connectivity index (χ4v) is 4.62. The zero-order valence-electron chi connectivity index (χ0n) is 17.8. The van der Waals surface area contributed by atoms with Crippen LogP contribution in [0.1, 0.15) is 28.9 Å². The van der Waals surface area contributed by atoms with Gasteiger partial charge in [0.1, 0.15) is 4.90 Å². The highest BCUT2D eigenvalue weighted by Crippen LogP contribution is 2.26. The van der Waals surface area contributed by atoms with E-state index in [-0.39, 0.29) is 21.5 Å². The van der Waals surface area contributed by atoms with Crippen LogP contribution in [0.3, 0.4) is 0 Å². The van der Waals surface area contributed by atoms with Gasteiger partial charge in [0.15, 0.2) is 6.61 Å². The van der Waals surface area contributed by atoms with Gasteiger partial charge in [-0.1, -0.05) is 54.1 Å². The first kappa shape index (κ1) is 23.7. The molecular weight excluding hydrogens is 452 g/mol. The second-order valence-electron chi connectivity index (χ2n) is 7.37. The van der Waals surface area contributed by atoms with Crippen molar-refractivity contribution in [2.75, 3.05) is 20.7 Å². The summed E-state index contributed by atoms with van der Waals surface area (Å²) < 4.78 is 30.8. The lowest BCUT2D eigenvalue weighted by Gasteiger charge is -2.17. The highest BCUT2D eigenvalue weighted by atomic mass is 35.5. The number of esters is 1. The van der Waals surface area contributed by atoms with Gasteiger partial charge in [-0.25, -0.2) is 17.5 Å². The topological polar surface area (TPSA) is 92.8 Å². The Hall–Kier alpha value is -2.94. The van der Waals surface area contributed by atoms with Crippen LogP contribution in [-0.2, 0) is 19.6 Å². The Morgan fingerprint density at radius 3 is 2.47 bits per heavy atom. The van der Waals surface area contributed by atoms with E-state index in [1.807, 2.05) is 49.4 Å². The molecule has 0 saturated heterocycles. The van der Waals surface area contributed by atoms with Crippen LogP contribution in [0, 0.1) is 0 Å². The first-order chi connectivity index (χ1) is 15.1. The van der Waals surface area contributed by atoms with Gasteiger partial charge in [0.2, 0.25) is 10.0 Å². The summed E-state index contributed by atoms with van der Waals surface area (Å²) in [4.78, 5) is 24.5. The molecule has 0 bridgehead atoms. The zero-order chi connectivity index (χ0) is 23.5. The predicted octanol–water partition coefficient (Wildman–Crippen LogP) is 3.78. The number of hydrogen-bond acceptors (Lipinski definition) is 5. The van der Waals surface area contributed by atoms with Crippen LogP contribution in [0.15, 0.2) is 65.6 Å². The molecule has 1 unspecified atom stereocenters. The van der Waals surface area contributed by atoms with Gasteiger partial charge in [-0.05, 0) is 41.5 Å². The van der Waals surface area contributed by atoms with Crippen LogP contribution in [0.25, 0.3) is 10.8 Å². The molecule has 3 aromatic carbocycles. The molecule has 3 rings (SSSR count). The molecule has 9 heteroatoms. The normalized spacial score (nSPS) is 12.5. The van der Waals surface area contributed by atoms with Crippen molar-refractivity contribution >= 4 is 44.3 Å². The molecule has 32 heavy (non-hydrogen) atoms.